The highest BCUT2D eigenvalue weighted by atomic mass is 16.4. The van der Waals surface area contributed by atoms with Crippen LogP contribution in [0, 0.1) is 11.8 Å². The number of hydrogen-bond acceptors (Lipinski definition) is 3. The van der Waals surface area contributed by atoms with Crippen LogP contribution in [0.2, 0.25) is 0 Å². The number of nitrogens with zero attached hydrogens (tertiary/aromatic N) is 1. The Morgan fingerprint density at radius 3 is 1.09 bits per heavy atom. The molecular formula is C41H83NO3. The van der Waals surface area contributed by atoms with E-state index in [9.17, 15) is 15.0 Å². The molecule has 0 amide bonds. The van der Waals surface area contributed by atoms with Gasteiger partial charge in [0, 0.05) is 6.54 Å². The van der Waals surface area contributed by atoms with E-state index in [4.69, 9.17) is 0 Å². The van der Waals surface area contributed by atoms with Crippen molar-refractivity contribution < 1.29 is 15.0 Å². The zero-order valence-electron chi connectivity index (χ0n) is 31.2. The van der Waals surface area contributed by atoms with Crippen molar-refractivity contribution >= 4 is 5.97 Å². The van der Waals surface area contributed by atoms with Gasteiger partial charge < -0.3 is 15.1 Å². The lowest BCUT2D eigenvalue weighted by atomic mass is 9.80. The van der Waals surface area contributed by atoms with Crippen LogP contribution in [0.5, 0.6) is 0 Å². The van der Waals surface area contributed by atoms with E-state index in [2.05, 4.69) is 25.7 Å². The molecule has 2 N–H and O–H groups in total. The number of aliphatic hydroxyl groups excluding tert-OH is 1. The lowest BCUT2D eigenvalue weighted by Crippen LogP contribution is -2.29. The molecule has 1 atom stereocenters. The van der Waals surface area contributed by atoms with Crippen molar-refractivity contribution in [3.8, 4) is 0 Å². The first-order valence-corrected chi connectivity index (χ1v) is 20.7. The lowest BCUT2D eigenvalue weighted by Gasteiger charge is -2.25. The van der Waals surface area contributed by atoms with Gasteiger partial charge in [0.15, 0.2) is 0 Å². The molecule has 0 heterocycles. The zero-order valence-corrected chi connectivity index (χ0v) is 31.2. The quantitative estimate of drug-likeness (QED) is 0.0661. The Bertz CT molecular complexity index is 567. The van der Waals surface area contributed by atoms with Crippen LogP contribution >= 0.6 is 0 Å². The summed E-state index contributed by atoms with van der Waals surface area (Å²) < 4.78 is 0. The second-order valence-corrected chi connectivity index (χ2v) is 14.5. The number of carboxylic acid groups (broad SMARTS) is 1. The molecule has 0 aliphatic carbocycles. The van der Waals surface area contributed by atoms with Gasteiger partial charge in [-0.25, -0.2) is 0 Å². The Morgan fingerprint density at radius 2 is 0.756 bits per heavy atom. The zero-order chi connectivity index (χ0) is 33.1. The summed E-state index contributed by atoms with van der Waals surface area (Å²) in [6.07, 6.45) is 39.5. The second-order valence-electron chi connectivity index (χ2n) is 14.5. The van der Waals surface area contributed by atoms with Gasteiger partial charge in [0.2, 0.25) is 0 Å². The van der Waals surface area contributed by atoms with Gasteiger partial charge >= 0.3 is 5.97 Å². The van der Waals surface area contributed by atoms with Gasteiger partial charge in [-0.15, -0.1) is 0 Å². The summed E-state index contributed by atoms with van der Waals surface area (Å²) in [5.41, 5.74) is 0. The number of aliphatic hydroxyl groups is 1. The summed E-state index contributed by atoms with van der Waals surface area (Å²) in [6.45, 7) is 10.0. The molecule has 270 valence electrons. The Balaban J connectivity index is 4.27. The molecule has 0 aromatic rings. The van der Waals surface area contributed by atoms with Crippen molar-refractivity contribution in [2.75, 3.05) is 26.2 Å². The van der Waals surface area contributed by atoms with Gasteiger partial charge in [0.1, 0.15) is 0 Å². The predicted octanol–water partition coefficient (Wildman–Crippen LogP) is 12.8. The van der Waals surface area contributed by atoms with Crippen molar-refractivity contribution in [3.63, 3.8) is 0 Å². The average molecular weight is 638 g/mol. The fourth-order valence-corrected chi connectivity index (χ4v) is 7.19. The molecule has 0 aliphatic rings. The van der Waals surface area contributed by atoms with Gasteiger partial charge in [-0.2, -0.15) is 0 Å². The molecule has 0 rings (SSSR count). The number of unbranched alkanes of at least 4 members (excludes halogenated alkanes) is 24. The molecule has 0 aromatic heterocycles. The first-order chi connectivity index (χ1) is 22.1. The third-order valence-electron chi connectivity index (χ3n) is 10.2. The maximum absolute atomic E-state index is 12.4. The normalized spacial score (nSPS) is 12.5. The summed E-state index contributed by atoms with van der Waals surface area (Å²) in [6, 6.07) is 0. The van der Waals surface area contributed by atoms with Crippen LogP contribution in [0.25, 0.3) is 0 Å². The van der Waals surface area contributed by atoms with E-state index in [1.54, 1.807) is 0 Å². The largest absolute Gasteiger partial charge is 0.481 e. The van der Waals surface area contributed by atoms with Gasteiger partial charge in [-0.3, -0.25) is 4.79 Å². The maximum atomic E-state index is 12.4. The van der Waals surface area contributed by atoms with Gasteiger partial charge in [-0.05, 0) is 51.1 Å². The molecule has 0 bridgehead atoms. The molecule has 0 aliphatic heterocycles. The van der Waals surface area contributed by atoms with Crippen LogP contribution < -0.4 is 0 Å². The fraction of sp³-hybridized carbons (Fsp3) is 0.976. The van der Waals surface area contributed by atoms with Crippen molar-refractivity contribution in [1.29, 1.82) is 0 Å². The lowest BCUT2D eigenvalue weighted by molar-refractivity contribution is -0.144. The number of aliphatic carboxylic acids is 1. The van der Waals surface area contributed by atoms with Crippen LogP contribution in [-0.4, -0.2) is 47.3 Å². The van der Waals surface area contributed by atoms with E-state index in [0.717, 1.165) is 58.2 Å². The summed E-state index contributed by atoms with van der Waals surface area (Å²) in [5.74, 6) is -0.350. The Hall–Kier alpha value is -0.610. The average Bonchev–Trinajstić information content (AvgIpc) is 3.03. The Kier molecular flexibility index (Phi) is 35.7. The molecule has 0 aromatic carbocycles. The fourth-order valence-electron chi connectivity index (χ4n) is 7.19. The third-order valence-corrected chi connectivity index (χ3v) is 10.2. The molecule has 0 saturated heterocycles. The number of rotatable bonds is 38. The minimum absolute atomic E-state index is 0.159. The van der Waals surface area contributed by atoms with E-state index >= 15 is 0 Å². The summed E-state index contributed by atoms with van der Waals surface area (Å²) in [4.78, 5) is 14.8. The predicted molar refractivity (Wildman–Crippen MR) is 198 cm³/mol. The van der Waals surface area contributed by atoms with Gasteiger partial charge in [-0.1, -0.05) is 188 Å². The number of hydrogen-bond donors (Lipinski definition) is 2. The number of carbonyl (C=O) groups is 1. The topological polar surface area (TPSA) is 60.8 Å². The molecule has 0 fully saturated rings. The second kappa shape index (κ2) is 36.2. The first-order valence-electron chi connectivity index (χ1n) is 20.7. The van der Waals surface area contributed by atoms with E-state index in [1.165, 1.54) is 161 Å². The Labute approximate surface area is 283 Å². The molecule has 4 nitrogen and oxygen atoms in total. The van der Waals surface area contributed by atoms with Crippen LogP contribution in [0.1, 0.15) is 220 Å². The summed E-state index contributed by atoms with van der Waals surface area (Å²) in [7, 11) is 0. The molecular weight excluding hydrogens is 554 g/mol. The minimum atomic E-state index is -0.548. The van der Waals surface area contributed by atoms with Crippen LogP contribution in [0.15, 0.2) is 0 Å². The van der Waals surface area contributed by atoms with Crippen molar-refractivity contribution in [3.05, 3.63) is 0 Å². The van der Waals surface area contributed by atoms with Gasteiger partial charge in [0.25, 0.3) is 0 Å². The van der Waals surface area contributed by atoms with Crippen LogP contribution in [-0.2, 0) is 4.79 Å². The highest BCUT2D eigenvalue weighted by molar-refractivity contribution is 5.70. The molecule has 4 heteroatoms. The standard InChI is InChI=1S/C41H83NO3/c1-4-7-10-13-16-17-18-19-20-21-25-30-35-42(37-38-43)36-31-26-24-29-34-40(41(44)45)39(32-27-22-14-11-8-5-2)33-28-23-15-12-9-6-3/h39-40,43H,4-38H2,1-3H3,(H,44,45). The molecule has 1 unspecified atom stereocenters. The Morgan fingerprint density at radius 1 is 0.444 bits per heavy atom. The van der Waals surface area contributed by atoms with E-state index < -0.39 is 5.97 Å². The molecule has 0 spiro atoms. The van der Waals surface area contributed by atoms with Gasteiger partial charge in [0.05, 0.1) is 12.5 Å². The van der Waals surface area contributed by atoms with Crippen molar-refractivity contribution in [2.45, 2.75) is 220 Å². The van der Waals surface area contributed by atoms with Crippen molar-refractivity contribution in [2.24, 2.45) is 11.8 Å². The highest BCUT2D eigenvalue weighted by Gasteiger charge is 2.27. The smallest absolute Gasteiger partial charge is 0.306 e. The SMILES string of the molecule is CCCCCCCCCCCCCCN(CCO)CCCCCCC(C(=O)O)C(CCCCCCCC)CCCCCCCC. The molecule has 45 heavy (non-hydrogen) atoms. The number of carboxylic acids is 1. The summed E-state index contributed by atoms with van der Waals surface area (Å²) >= 11 is 0. The van der Waals surface area contributed by atoms with E-state index in [0.29, 0.717) is 5.92 Å². The third kappa shape index (κ3) is 30.5. The van der Waals surface area contributed by atoms with Crippen LogP contribution in [0.4, 0.5) is 0 Å². The molecule has 0 saturated carbocycles. The van der Waals surface area contributed by atoms with Crippen LogP contribution in [0.3, 0.4) is 0 Å². The summed E-state index contributed by atoms with van der Waals surface area (Å²) in [5, 5.41) is 19.8. The molecule has 0 radical (unpaired) electrons. The monoisotopic (exact) mass is 638 g/mol. The minimum Gasteiger partial charge on any atom is -0.481 e. The van der Waals surface area contributed by atoms with E-state index in [1.807, 2.05) is 0 Å². The highest BCUT2D eigenvalue weighted by Crippen LogP contribution is 2.30. The maximum Gasteiger partial charge on any atom is 0.306 e. The van der Waals surface area contributed by atoms with Crippen molar-refractivity contribution in [1.82, 2.24) is 4.90 Å². The van der Waals surface area contributed by atoms with E-state index in [-0.39, 0.29) is 12.5 Å². The first kappa shape index (κ1) is 44.4.